The van der Waals surface area contributed by atoms with E-state index in [1.54, 1.807) is 10.6 Å². The number of hydrogen-bond donors (Lipinski definition) is 3. The molecule has 4 rings (SSSR count). The molecule has 1 atom stereocenters. The molecular weight excluding hydrogens is 342 g/mol. The molecule has 7 nitrogen and oxygen atoms in total. The second-order valence-electron chi connectivity index (χ2n) is 6.41. The Morgan fingerprint density at radius 1 is 1.40 bits per heavy atom. The highest BCUT2D eigenvalue weighted by Crippen LogP contribution is 2.25. The topological polar surface area (TPSA) is 95.6 Å². The van der Waals surface area contributed by atoms with E-state index in [1.807, 2.05) is 19.1 Å². The van der Waals surface area contributed by atoms with Crippen molar-refractivity contribution in [2.75, 3.05) is 0 Å². The molecule has 1 unspecified atom stereocenters. The van der Waals surface area contributed by atoms with Crippen molar-refractivity contribution in [2.45, 2.75) is 38.8 Å². The molecule has 130 valence electrons. The monoisotopic (exact) mass is 359 g/mol. The van der Waals surface area contributed by atoms with Gasteiger partial charge in [-0.1, -0.05) is 11.6 Å². The van der Waals surface area contributed by atoms with Crippen molar-refractivity contribution in [3.63, 3.8) is 0 Å². The summed E-state index contributed by atoms with van der Waals surface area (Å²) in [6.07, 6.45) is 2.11. The van der Waals surface area contributed by atoms with Crippen molar-refractivity contribution in [1.29, 1.82) is 0 Å². The molecule has 1 amide bonds. The van der Waals surface area contributed by atoms with Gasteiger partial charge in [-0.05, 0) is 43.5 Å². The Hall–Kier alpha value is -2.54. The number of aromatic nitrogens is 4. The van der Waals surface area contributed by atoms with Crippen LogP contribution in [0.15, 0.2) is 23.0 Å². The first kappa shape index (κ1) is 16.0. The van der Waals surface area contributed by atoms with E-state index >= 15 is 0 Å². The minimum Gasteiger partial charge on any atom is -0.350 e. The number of aryl methyl sites for hydroxylation is 2. The standard InChI is InChI=1S/C17H18ClN5O2/c1-9-12-8-10(18)2-4-13(12)20-15(9)16(24)19-11-3-5-14-21-22-17(25)23(14)7-6-11/h2,4,8,11,20H,3,5-7H2,1H3,(H,19,24)(H,22,25). The number of nitrogens with one attached hydrogen (secondary N) is 3. The molecular formula is C17H18ClN5O2. The van der Waals surface area contributed by atoms with Gasteiger partial charge in [0.2, 0.25) is 0 Å². The van der Waals surface area contributed by atoms with E-state index in [-0.39, 0.29) is 17.6 Å². The molecule has 0 saturated carbocycles. The van der Waals surface area contributed by atoms with Gasteiger partial charge in [0.1, 0.15) is 11.5 Å². The Labute approximate surface area is 148 Å². The summed E-state index contributed by atoms with van der Waals surface area (Å²) in [6, 6.07) is 5.53. The number of carbonyl (C=O) groups is 1. The SMILES string of the molecule is Cc1c(C(=O)NC2CCc3n[nH]c(=O)n3CC2)[nH]c2ccc(Cl)cc12. The van der Waals surface area contributed by atoms with Crippen LogP contribution in [-0.2, 0) is 13.0 Å². The number of rotatable bonds is 2. The van der Waals surface area contributed by atoms with E-state index in [4.69, 9.17) is 11.6 Å². The predicted octanol–water partition coefficient (Wildman–Crippen LogP) is 2.15. The largest absolute Gasteiger partial charge is 0.350 e. The highest BCUT2D eigenvalue weighted by atomic mass is 35.5. The fourth-order valence-electron chi connectivity index (χ4n) is 3.43. The van der Waals surface area contributed by atoms with Crippen LogP contribution >= 0.6 is 11.6 Å². The van der Waals surface area contributed by atoms with Gasteiger partial charge in [-0.15, -0.1) is 0 Å². The number of H-pyrrole nitrogens is 2. The van der Waals surface area contributed by atoms with Crippen LogP contribution in [0.25, 0.3) is 10.9 Å². The summed E-state index contributed by atoms with van der Waals surface area (Å²) in [6.45, 7) is 2.46. The lowest BCUT2D eigenvalue weighted by molar-refractivity contribution is 0.0928. The van der Waals surface area contributed by atoms with E-state index in [2.05, 4.69) is 20.5 Å². The number of amides is 1. The molecule has 1 aromatic carbocycles. The lowest BCUT2D eigenvalue weighted by Crippen LogP contribution is -2.36. The first-order valence-electron chi connectivity index (χ1n) is 8.25. The normalized spacial score (nSPS) is 17.3. The van der Waals surface area contributed by atoms with E-state index in [9.17, 15) is 9.59 Å². The van der Waals surface area contributed by atoms with Gasteiger partial charge in [-0.3, -0.25) is 9.36 Å². The maximum atomic E-state index is 12.7. The second kappa shape index (κ2) is 6.07. The Morgan fingerprint density at radius 2 is 2.24 bits per heavy atom. The van der Waals surface area contributed by atoms with Crippen LogP contribution in [0.4, 0.5) is 0 Å². The molecule has 0 fully saturated rings. The third kappa shape index (κ3) is 2.84. The Bertz CT molecular complexity index is 1020. The van der Waals surface area contributed by atoms with E-state index < -0.39 is 0 Å². The van der Waals surface area contributed by atoms with Crippen LogP contribution in [-0.4, -0.2) is 31.7 Å². The molecule has 3 aromatic rings. The van der Waals surface area contributed by atoms with Crippen molar-refractivity contribution >= 4 is 28.4 Å². The van der Waals surface area contributed by atoms with Gasteiger partial charge in [-0.25, -0.2) is 9.89 Å². The predicted molar refractivity (Wildman–Crippen MR) is 95.1 cm³/mol. The smallest absolute Gasteiger partial charge is 0.343 e. The Morgan fingerprint density at radius 3 is 3.08 bits per heavy atom. The molecule has 0 aliphatic carbocycles. The Balaban J connectivity index is 1.53. The van der Waals surface area contributed by atoms with E-state index in [0.29, 0.717) is 30.1 Å². The number of fused-ring (bicyclic) bond motifs is 2. The van der Waals surface area contributed by atoms with Gasteiger partial charge in [0.05, 0.1) is 0 Å². The van der Waals surface area contributed by atoms with Gasteiger partial charge in [0.25, 0.3) is 5.91 Å². The average molecular weight is 360 g/mol. The zero-order valence-electron chi connectivity index (χ0n) is 13.7. The zero-order chi connectivity index (χ0) is 17.6. The number of aromatic amines is 2. The molecule has 0 bridgehead atoms. The second-order valence-corrected chi connectivity index (χ2v) is 6.85. The summed E-state index contributed by atoms with van der Waals surface area (Å²) in [5.74, 6) is 0.612. The molecule has 1 aliphatic rings. The van der Waals surface area contributed by atoms with Crippen molar-refractivity contribution < 1.29 is 4.79 Å². The quantitative estimate of drug-likeness (QED) is 0.654. The summed E-state index contributed by atoms with van der Waals surface area (Å²) in [5, 5.41) is 11.2. The van der Waals surface area contributed by atoms with Crippen LogP contribution < -0.4 is 11.0 Å². The number of carbonyl (C=O) groups excluding carboxylic acids is 1. The number of halogens is 1. The van der Waals surface area contributed by atoms with Crippen LogP contribution in [0, 0.1) is 6.92 Å². The molecule has 3 heterocycles. The maximum Gasteiger partial charge on any atom is 0.343 e. The summed E-state index contributed by atoms with van der Waals surface area (Å²) < 4.78 is 1.64. The third-order valence-electron chi connectivity index (χ3n) is 4.84. The fraction of sp³-hybridized carbons (Fsp3) is 0.353. The van der Waals surface area contributed by atoms with Crippen LogP contribution in [0.1, 0.15) is 34.7 Å². The lowest BCUT2D eigenvalue weighted by atomic mass is 10.1. The minimum absolute atomic E-state index is 0.00278. The molecule has 0 radical (unpaired) electrons. The Kier molecular flexibility index (Phi) is 3.88. The zero-order valence-corrected chi connectivity index (χ0v) is 14.5. The summed E-state index contributed by atoms with van der Waals surface area (Å²) >= 11 is 6.05. The van der Waals surface area contributed by atoms with Gasteiger partial charge < -0.3 is 10.3 Å². The molecule has 25 heavy (non-hydrogen) atoms. The van der Waals surface area contributed by atoms with Crippen LogP contribution in [0.5, 0.6) is 0 Å². The first-order chi connectivity index (χ1) is 12.0. The van der Waals surface area contributed by atoms with E-state index in [1.165, 1.54) is 0 Å². The summed E-state index contributed by atoms with van der Waals surface area (Å²) in [4.78, 5) is 27.6. The van der Waals surface area contributed by atoms with E-state index in [0.717, 1.165) is 28.7 Å². The van der Waals surface area contributed by atoms with Crippen LogP contribution in [0.3, 0.4) is 0 Å². The summed E-state index contributed by atoms with van der Waals surface area (Å²) in [7, 11) is 0. The molecule has 2 aromatic heterocycles. The molecule has 0 saturated heterocycles. The number of benzene rings is 1. The van der Waals surface area contributed by atoms with Gasteiger partial charge in [0.15, 0.2) is 0 Å². The van der Waals surface area contributed by atoms with Crippen molar-refractivity contribution in [2.24, 2.45) is 0 Å². The third-order valence-corrected chi connectivity index (χ3v) is 5.07. The molecule has 1 aliphatic heterocycles. The minimum atomic E-state index is -0.190. The molecule has 3 N–H and O–H groups in total. The van der Waals surface area contributed by atoms with Crippen molar-refractivity contribution in [1.82, 2.24) is 25.1 Å². The maximum absolute atomic E-state index is 12.7. The fourth-order valence-corrected chi connectivity index (χ4v) is 3.60. The highest BCUT2D eigenvalue weighted by Gasteiger charge is 2.22. The van der Waals surface area contributed by atoms with Crippen molar-refractivity contribution in [3.8, 4) is 0 Å². The number of hydrogen-bond acceptors (Lipinski definition) is 3. The van der Waals surface area contributed by atoms with Gasteiger partial charge >= 0.3 is 5.69 Å². The first-order valence-corrected chi connectivity index (χ1v) is 8.63. The van der Waals surface area contributed by atoms with Crippen molar-refractivity contribution in [3.05, 3.63) is 50.8 Å². The van der Waals surface area contributed by atoms with Gasteiger partial charge in [0, 0.05) is 34.9 Å². The highest BCUT2D eigenvalue weighted by molar-refractivity contribution is 6.31. The van der Waals surface area contributed by atoms with Crippen LogP contribution in [0.2, 0.25) is 5.02 Å². The summed E-state index contributed by atoms with van der Waals surface area (Å²) in [5.41, 5.74) is 2.13. The number of nitrogens with zero attached hydrogens (tertiary/aromatic N) is 2. The average Bonchev–Trinajstić information content (AvgIpc) is 3.02. The lowest BCUT2D eigenvalue weighted by Gasteiger charge is -2.15. The van der Waals surface area contributed by atoms with Gasteiger partial charge in [-0.2, -0.15) is 5.10 Å². The molecule has 0 spiro atoms. The molecule has 8 heteroatoms.